The molecule has 0 bridgehead atoms. The van der Waals surface area contributed by atoms with Crippen LogP contribution in [0.25, 0.3) is 11.1 Å². The van der Waals surface area contributed by atoms with E-state index in [9.17, 15) is 14.9 Å². The van der Waals surface area contributed by atoms with Crippen LogP contribution in [0.1, 0.15) is 49.7 Å². The first-order valence-corrected chi connectivity index (χ1v) is 10.1. The second kappa shape index (κ2) is 9.36. The lowest BCUT2D eigenvalue weighted by Crippen LogP contribution is -2.39. The Bertz CT molecular complexity index is 901. The Hall–Kier alpha value is -2.87. The summed E-state index contributed by atoms with van der Waals surface area (Å²) in [6, 6.07) is 11.5. The molecule has 1 saturated carbocycles. The number of H-pyrrole nitrogens is 1. The molecule has 1 fully saturated rings. The SMILES string of the molecule is Cc1cc(-c2ccc(CC(C#N)NC(=O)C3CCCCCC3)cc2)c[nH]c1=O. The normalized spacial score (nSPS) is 16.0. The summed E-state index contributed by atoms with van der Waals surface area (Å²) in [5, 5.41) is 12.4. The van der Waals surface area contributed by atoms with E-state index < -0.39 is 6.04 Å². The molecule has 1 unspecified atom stereocenters. The average Bonchev–Trinajstić information content (AvgIpc) is 3.00. The molecule has 1 aromatic carbocycles. The van der Waals surface area contributed by atoms with Gasteiger partial charge in [0.15, 0.2) is 0 Å². The van der Waals surface area contributed by atoms with Crippen LogP contribution in [0.3, 0.4) is 0 Å². The molecule has 2 N–H and O–H groups in total. The van der Waals surface area contributed by atoms with E-state index in [0.29, 0.717) is 12.0 Å². The lowest BCUT2D eigenvalue weighted by molar-refractivity contribution is -0.125. The first kappa shape index (κ1) is 19.9. The lowest BCUT2D eigenvalue weighted by Gasteiger charge is -2.17. The molecule has 1 aliphatic rings. The molecule has 5 nitrogen and oxygen atoms in total. The Morgan fingerprint density at radius 1 is 1.18 bits per heavy atom. The van der Waals surface area contributed by atoms with E-state index >= 15 is 0 Å². The fraction of sp³-hybridized carbons (Fsp3) is 0.435. The highest BCUT2D eigenvalue weighted by Crippen LogP contribution is 2.23. The Balaban J connectivity index is 1.63. The number of aromatic nitrogens is 1. The van der Waals surface area contributed by atoms with Crippen LogP contribution in [0.2, 0.25) is 0 Å². The van der Waals surface area contributed by atoms with Crippen LogP contribution in [-0.4, -0.2) is 16.9 Å². The highest BCUT2D eigenvalue weighted by molar-refractivity contribution is 5.79. The Morgan fingerprint density at radius 2 is 1.86 bits per heavy atom. The van der Waals surface area contributed by atoms with Gasteiger partial charge >= 0.3 is 0 Å². The van der Waals surface area contributed by atoms with Crippen molar-refractivity contribution < 1.29 is 4.79 Å². The van der Waals surface area contributed by atoms with Crippen molar-refractivity contribution >= 4 is 5.91 Å². The third-order valence-electron chi connectivity index (χ3n) is 5.51. The maximum Gasteiger partial charge on any atom is 0.250 e. The number of carbonyl (C=O) groups is 1. The fourth-order valence-corrected chi connectivity index (χ4v) is 3.79. The van der Waals surface area contributed by atoms with Gasteiger partial charge in [0.2, 0.25) is 5.91 Å². The molecule has 1 heterocycles. The van der Waals surface area contributed by atoms with Crippen LogP contribution < -0.4 is 10.9 Å². The zero-order chi connectivity index (χ0) is 19.9. The van der Waals surface area contributed by atoms with Gasteiger partial charge < -0.3 is 10.3 Å². The zero-order valence-electron chi connectivity index (χ0n) is 16.3. The van der Waals surface area contributed by atoms with Gasteiger partial charge in [0.25, 0.3) is 5.56 Å². The third kappa shape index (κ3) is 5.10. The quantitative estimate of drug-likeness (QED) is 0.776. The van der Waals surface area contributed by atoms with Gasteiger partial charge in [-0.25, -0.2) is 0 Å². The van der Waals surface area contributed by atoms with Crippen molar-refractivity contribution in [3.05, 3.63) is 58.0 Å². The number of pyridine rings is 1. The summed E-state index contributed by atoms with van der Waals surface area (Å²) in [5.74, 6) is 0.0676. The molecule has 0 spiro atoms. The number of rotatable bonds is 5. The molecule has 5 heteroatoms. The van der Waals surface area contributed by atoms with Crippen molar-refractivity contribution in [1.82, 2.24) is 10.3 Å². The Labute approximate surface area is 165 Å². The van der Waals surface area contributed by atoms with E-state index in [0.717, 1.165) is 42.4 Å². The first-order valence-electron chi connectivity index (χ1n) is 10.1. The first-order chi connectivity index (χ1) is 13.6. The minimum absolute atomic E-state index is 0.0220. The van der Waals surface area contributed by atoms with E-state index in [1.807, 2.05) is 30.3 Å². The number of nitriles is 1. The van der Waals surface area contributed by atoms with Gasteiger partial charge in [-0.15, -0.1) is 0 Å². The maximum atomic E-state index is 12.5. The minimum atomic E-state index is -0.517. The van der Waals surface area contributed by atoms with Crippen molar-refractivity contribution in [2.24, 2.45) is 5.92 Å². The number of hydrogen-bond acceptors (Lipinski definition) is 3. The molecule has 146 valence electrons. The van der Waals surface area contributed by atoms with Crippen molar-refractivity contribution in [2.45, 2.75) is 57.9 Å². The van der Waals surface area contributed by atoms with Gasteiger partial charge in [-0.05, 0) is 42.5 Å². The summed E-state index contributed by atoms with van der Waals surface area (Å²) in [6.07, 6.45) is 8.64. The molecule has 28 heavy (non-hydrogen) atoms. The van der Waals surface area contributed by atoms with Gasteiger partial charge in [-0.3, -0.25) is 9.59 Å². The van der Waals surface area contributed by atoms with Crippen LogP contribution >= 0.6 is 0 Å². The number of aromatic amines is 1. The maximum absolute atomic E-state index is 12.5. The van der Waals surface area contributed by atoms with E-state index in [2.05, 4.69) is 16.4 Å². The Morgan fingerprint density at radius 3 is 2.46 bits per heavy atom. The van der Waals surface area contributed by atoms with Crippen LogP contribution in [0.15, 0.2) is 41.3 Å². The van der Waals surface area contributed by atoms with Gasteiger partial charge in [0.05, 0.1) is 6.07 Å². The van der Waals surface area contributed by atoms with Crippen molar-refractivity contribution in [1.29, 1.82) is 5.26 Å². The van der Waals surface area contributed by atoms with Crippen LogP contribution in [-0.2, 0) is 11.2 Å². The molecule has 1 amide bonds. The number of carbonyl (C=O) groups excluding carboxylic acids is 1. The summed E-state index contributed by atoms with van der Waals surface area (Å²) in [7, 11) is 0. The van der Waals surface area contributed by atoms with Gasteiger partial charge in [-0.1, -0.05) is 49.9 Å². The van der Waals surface area contributed by atoms with Crippen LogP contribution in [0, 0.1) is 24.2 Å². The summed E-state index contributed by atoms with van der Waals surface area (Å²) < 4.78 is 0. The standard InChI is InChI=1S/C23H27N3O2/c1-16-12-20(15-25-22(16)27)18-10-8-17(9-11-18)13-21(14-24)26-23(28)19-6-4-2-3-5-7-19/h8-12,15,19,21H,2-7,13H2,1H3,(H,25,27)(H,26,28). The summed E-state index contributed by atoms with van der Waals surface area (Å²) >= 11 is 0. The molecule has 2 aromatic rings. The molecule has 0 saturated heterocycles. The van der Waals surface area contributed by atoms with Crippen molar-refractivity contribution in [2.75, 3.05) is 0 Å². The number of nitrogens with one attached hydrogen (secondary N) is 2. The highest BCUT2D eigenvalue weighted by Gasteiger charge is 2.22. The molecular formula is C23H27N3O2. The summed E-state index contributed by atoms with van der Waals surface area (Å²) in [6.45, 7) is 1.78. The average molecular weight is 377 g/mol. The second-order valence-corrected chi connectivity index (χ2v) is 7.68. The molecule has 0 aliphatic heterocycles. The molecule has 1 aliphatic carbocycles. The predicted octanol–water partition coefficient (Wildman–Crippen LogP) is 3.87. The van der Waals surface area contributed by atoms with E-state index in [1.165, 1.54) is 12.8 Å². The Kier molecular flexibility index (Phi) is 6.65. The van der Waals surface area contributed by atoms with Gasteiger partial charge in [0, 0.05) is 24.1 Å². The second-order valence-electron chi connectivity index (χ2n) is 7.68. The monoisotopic (exact) mass is 377 g/mol. The number of amides is 1. The van der Waals surface area contributed by atoms with Crippen molar-refractivity contribution in [3.63, 3.8) is 0 Å². The molecule has 1 aromatic heterocycles. The smallest absolute Gasteiger partial charge is 0.250 e. The van der Waals surface area contributed by atoms with Gasteiger partial charge in [0.1, 0.15) is 6.04 Å². The number of benzene rings is 1. The zero-order valence-corrected chi connectivity index (χ0v) is 16.3. The van der Waals surface area contributed by atoms with Crippen LogP contribution in [0.4, 0.5) is 0 Å². The molecule has 0 radical (unpaired) electrons. The minimum Gasteiger partial charge on any atom is -0.340 e. The van der Waals surface area contributed by atoms with E-state index in [-0.39, 0.29) is 17.4 Å². The molecular weight excluding hydrogens is 350 g/mol. The molecule has 1 atom stereocenters. The largest absolute Gasteiger partial charge is 0.340 e. The van der Waals surface area contributed by atoms with E-state index in [1.54, 1.807) is 13.1 Å². The van der Waals surface area contributed by atoms with Gasteiger partial charge in [-0.2, -0.15) is 5.26 Å². The third-order valence-corrected chi connectivity index (χ3v) is 5.51. The lowest BCUT2D eigenvalue weighted by atomic mass is 9.98. The number of aryl methyl sites for hydroxylation is 1. The fourth-order valence-electron chi connectivity index (χ4n) is 3.79. The van der Waals surface area contributed by atoms with Crippen LogP contribution in [0.5, 0.6) is 0 Å². The summed E-state index contributed by atoms with van der Waals surface area (Å²) in [5.41, 5.74) is 3.54. The predicted molar refractivity (Wildman–Crippen MR) is 110 cm³/mol. The topological polar surface area (TPSA) is 85.8 Å². The van der Waals surface area contributed by atoms with E-state index in [4.69, 9.17) is 0 Å². The highest BCUT2D eigenvalue weighted by atomic mass is 16.2. The van der Waals surface area contributed by atoms with Crippen molar-refractivity contribution in [3.8, 4) is 17.2 Å². The number of nitrogens with zero attached hydrogens (tertiary/aromatic N) is 1. The molecule has 3 rings (SSSR count). The number of hydrogen-bond donors (Lipinski definition) is 2. The summed E-state index contributed by atoms with van der Waals surface area (Å²) in [4.78, 5) is 26.8.